The highest BCUT2D eigenvalue weighted by Gasteiger charge is 1.67. The molecule has 0 saturated heterocycles. The zero-order chi connectivity index (χ0) is 5.54. The summed E-state index contributed by atoms with van der Waals surface area (Å²) in [5.41, 5.74) is 2.94. The van der Waals surface area contributed by atoms with Crippen LogP contribution in [-0.2, 0) is 0 Å². The second-order valence-corrected chi connectivity index (χ2v) is 3.05. The van der Waals surface area contributed by atoms with Gasteiger partial charge in [-0.05, 0) is 11.8 Å². The lowest BCUT2D eigenvalue weighted by molar-refractivity contribution is 1.47. The van der Waals surface area contributed by atoms with Crippen LogP contribution >= 0.6 is 0 Å². The Balaban J connectivity index is 3.13. The van der Waals surface area contributed by atoms with Gasteiger partial charge in [-0.3, -0.25) is 0 Å². The monoisotopic (exact) mass is 108 g/mol. The molecule has 0 aromatic heterocycles. The number of hydrogen-bond acceptors (Lipinski definition) is 0. The summed E-state index contributed by atoms with van der Waals surface area (Å²) < 4.78 is 0. The molecule has 0 aromatic carbocycles. The minimum Gasteiger partial charge on any atom is -0.126 e. The van der Waals surface area contributed by atoms with E-state index >= 15 is 0 Å². The maximum atomic E-state index is 4.87. The molecule has 0 saturated carbocycles. The molecule has 36 valence electrons. The second kappa shape index (κ2) is 5.34. The van der Waals surface area contributed by atoms with Crippen molar-refractivity contribution < 1.29 is 0 Å². The minimum absolute atomic E-state index is 0.0929. The summed E-state index contributed by atoms with van der Waals surface area (Å²) in [6.45, 7) is 2.14. The van der Waals surface area contributed by atoms with Crippen LogP contribution in [0, 0.1) is 23.8 Å². The first-order valence-corrected chi connectivity index (χ1v) is 4.06. The molecule has 0 spiro atoms. The van der Waals surface area contributed by atoms with E-state index in [2.05, 4.69) is 24.3 Å². The molecule has 0 heterocycles. The van der Waals surface area contributed by atoms with Gasteiger partial charge in [0.2, 0.25) is 0 Å². The Morgan fingerprint density at radius 2 is 2.43 bits per heavy atom. The van der Waals surface area contributed by atoms with Crippen LogP contribution in [0.3, 0.4) is 0 Å². The lowest BCUT2D eigenvalue weighted by atomic mass is 10.7. The number of hydrogen-bond donors (Lipinski definition) is 0. The fraction of sp³-hybridized carbons (Fsp3) is 0.333. The highest BCUT2D eigenvalue weighted by atomic mass is 28.2. The lowest BCUT2D eigenvalue weighted by Gasteiger charge is -1.69. The topological polar surface area (TPSA) is 0 Å². The molecular formula is C6H8Si. The fourth-order valence-electron chi connectivity index (χ4n) is 0.239. The van der Waals surface area contributed by atoms with E-state index in [9.17, 15) is 0 Å². The lowest BCUT2D eigenvalue weighted by Crippen LogP contribution is -1.76. The third kappa shape index (κ3) is 5.34. The van der Waals surface area contributed by atoms with Crippen molar-refractivity contribution >= 4 is 9.52 Å². The summed E-state index contributed by atoms with van der Waals surface area (Å²) in [5, 5.41) is 0. The smallest absolute Gasteiger partial charge is 0.108 e. The molecule has 0 N–H and O–H groups in total. The van der Waals surface area contributed by atoms with Crippen molar-refractivity contribution in [2.75, 3.05) is 0 Å². The van der Waals surface area contributed by atoms with Gasteiger partial charge < -0.3 is 0 Å². The second-order valence-electron chi connectivity index (χ2n) is 1.20. The molecule has 0 aromatic rings. The van der Waals surface area contributed by atoms with Gasteiger partial charge in [0.1, 0.15) is 9.52 Å². The Bertz CT molecular complexity index is 119. The maximum absolute atomic E-state index is 4.87. The third-order valence-corrected chi connectivity index (χ3v) is 1.46. The van der Waals surface area contributed by atoms with E-state index in [1.807, 2.05) is 0 Å². The third-order valence-electron chi connectivity index (χ3n) is 0.536. The molecule has 0 fully saturated rings. The molecule has 0 amide bonds. The first kappa shape index (κ1) is 6.34. The Morgan fingerprint density at radius 3 is 2.86 bits per heavy atom. The Morgan fingerprint density at radius 1 is 1.71 bits per heavy atom. The molecule has 0 unspecified atom stereocenters. The van der Waals surface area contributed by atoms with E-state index in [1.54, 1.807) is 0 Å². The van der Waals surface area contributed by atoms with Gasteiger partial charge in [-0.1, -0.05) is 13.0 Å². The molecule has 1 heteroatoms. The Kier molecular flexibility index (Phi) is 4.83. The summed E-state index contributed by atoms with van der Waals surface area (Å²) in [6.07, 6.45) is 4.87. The first-order valence-electron chi connectivity index (χ1n) is 2.35. The van der Waals surface area contributed by atoms with E-state index < -0.39 is 0 Å². The van der Waals surface area contributed by atoms with Crippen molar-refractivity contribution in [3.63, 3.8) is 0 Å². The van der Waals surface area contributed by atoms with Gasteiger partial charge in [0, 0.05) is 0 Å². The molecule has 0 aliphatic heterocycles. The van der Waals surface area contributed by atoms with Crippen molar-refractivity contribution in [3.8, 4) is 23.8 Å². The summed E-state index contributed by atoms with van der Waals surface area (Å²) in [4.78, 5) is 0. The van der Waals surface area contributed by atoms with Crippen LogP contribution in [0.1, 0.15) is 6.92 Å². The van der Waals surface area contributed by atoms with E-state index in [0.29, 0.717) is 0 Å². The van der Waals surface area contributed by atoms with Gasteiger partial charge in [-0.15, -0.1) is 12.0 Å². The van der Waals surface area contributed by atoms with Gasteiger partial charge in [-0.25, -0.2) is 0 Å². The highest BCUT2D eigenvalue weighted by Crippen LogP contribution is 1.66. The largest absolute Gasteiger partial charge is 0.126 e. The van der Waals surface area contributed by atoms with Crippen molar-refractivity contribution in [1.29, 1.82) is 0 Å². The summed E-state index contributed by atoms with van der Waals surface area (Å²) >= 11 is 0. The van der Waals surface area contributed by atoms with Crippen LogP contribution in [0.2, 0.25) is 6.04 Å². The van der Waals surface area contributed by atoms with E-state index in [-0.39, 0.29) is 9.52 Å². The van der Waals surface area contributed by atoms with Gasteiger partial charge in [-0.2, -0.15) is 0 Å². The average molecular weight is 108 g/mol. The van der Waals surface area contributed by atoms with Crippen molar-refractivity contribution in [2.45, 2.75) is 13.0 Å². The van der Waals surface area contributed by atoms with Crippen molar-refractivity contribution in [3.05, 3.63) is 0 Å². The quantitative estimate of drug-likeness (QED) is 0.332. The molecule has 0 aliphatic carbocycles. The molecule has 0 aliphatic rings. The van der Waals surface area contributed by atoms with Crippen LogP contribution in [0.25, 0.3) is 0 Å². The van der Waals surface area contributed by atoms with E-state index in [0.717, 1.165) is 0 Å². The van der Waals surface area contributed by atoms with Gasteiger partial charge in [0.15, 0.2) is 0 Å². The highest BCUT2D eigenvalue weighted by molar-refractivity contribution is 6.45. The average Bonchev–Trinajstić information content (AvgIpc) is 1.69. The molecule has 0 bridgehead atoms. The van der Waals surface area contributed by atoms with Gasteiger partial charge in [0.05, 0.1) is 0 Å². The van der Waals surface area contributed by atoms with Crippen molar-refractivity contribution in [2.24, 2.45) is 0 Å². The number of terminal acetylenes is 1. The van der Waals surface area contributed by atoms with Crippen LogP contribution in [-0.4, -0.2) is 9.52 Å². The zero-order valence-electron chi connectivity index (χ0n) is 4.49. The zero-order valence-corrected chi connectivity index (χ0v) is 5.91. The molecule has 0 atom stereocenters. The normalized spacial score (nSPS) is 7.43. The molecule has 0 radical (unpaired) electrons. The Labute approximate surface area is 47.1 Å². The van der Waals surface area contributed by atoms with E-state index in [1.165, 1.54) is 6.04 Å². The minimum atomic E-state index is -0.0929. The predicted octanol–water partition coefficient (Wildman–Crippen LogP) is 0.187. The summed E-state index contributed by atoms with van der Waals surface area (Å²) in [7, 11) is -0.0929. The Hall–Kier alpha value is -0.663. The predicted molar refractivity (Wildman–Crippen MR) is 35.6 cm³/mol. The van der Waals surface area contributed by atoms with Crippen molar-refractivity contribution in [1.82, 2.24) is 0 Å². The van der Waals surface area contributed by atoms with Crippen LogP contribution in [0.4, 0.5) is 0 Å². The SMILES string of the molecule is C#CC#C[SiH2]CC. The fourth-order valence-corrected chi connectivity index (χ4v) is 0.716. The van der Waals surface area contributed by atoms with Crippen LogP contribution in [0.15, 0.2) is 0 Å². The van der Waals surface area contributed by atoms with Crippen LogP contribution < -0.4 is 0 Å². The standard InChI is InChI=1S/C6H8Si/c1-3-5-6-7-4-2/h1H,4,7H2,2H3. The molecule has 0 rings (SSSR count). The first-order chi connectivity index (χ1) is 3.41. The van der Waals surface area contributed by atoms with Gasteiger partial charge >= 0.3 is 0 Å². The van der Waals surface area contributed by atoms with Crippen LogP contribution in [0.5, 0.6) is 0 Å². The maximum Gasteiger partial charge on any atom is 0.108 e. The molecule has 7 heavy (non-hydrogen) atoms. The number of rotatable bonds is 1. The summed E-state index contributed by atoms with van der Waals surface area (Å²) in [6, 6.07) is 1.23. The summed E-state index contributed by atoms with van der Waals surface area (Å²) in [5.74, 6) is 4.86. The van der Waals surface area contributed by atoms with Gasteiger partial charge in [0.25, 0.3) is 0 Å². The molecular weight excluding hydrogens is 100 g/mol. The molecule has 0 nitrogen and oxygen atoms in total. The van der Waals surface area contributed by atoms with E-state index in [4.69, 9.17) is 6.42 Å².